The zero-order chi connectivity index (χ0) is 11.7. The minimum absolute atomic E-state index is 0.347. The number of hydrogen-bond acceptors (Lipinski definition) is 2. The quantitative estimate of drug-likeness (QED) is 0.794. The minimum atomic E-state index is 0.347. The van der Waals surface area contributed by atoms with Crippen LogP contribution < -0.4 is 0 Å². The van der Waals surface area contributed by atoms with E-state index in [4.69, 9.17) is 23.2 Å². The Labute approximate surface area is 104 Å². The lowest BCUT2D eigenvalue weighted by atomic mass is 10.2. The van der Waals surface area contributed by atoms with E-state index in [1.807, 2.05) is 20.0 Å². The second-order valence-corrected chi connectivity index (χ2v) is 4.03. The molecule has 0 fully saturated rings. The van der Waals surface area contributed by atoms with E-state index in [1.165, 1.54) is 0 Å². The number of aromatic nitrogens is 4. The maximum atomic E-state index is 6.19. The van der Waals surface area contributed by atoms with Gasteiger partial charge in [-0.25, -0.2) is 0 Å². The number of alkyl halides is 1. The predicted octanol–water partition coefficient (Wildman–Crippen LogP) is 2.70. The van der Waals surface area contributed by atoms with E-state index in [-0.39, 0.29) is 0 Å². The first kappa shape index (κ1) is 11.5. The molecule has 0 aliphatic heterocycles. The molecule has 0 unspecified atom stereocenters. The summed E-state index contributed by atoms with van der Waals surface area (Å²) in [4.78, 5) is 0. The average Bonchev–Trinajstić information content (AvgIpc) is 2.82. The van der Waals surface area contributed by atoms with Gasteiger partial charge in [0, 0.05) is 25.4 Å². The molecule has 0 aliphatic rings. The molecule has 4 nitrogen and oxygen atoms in total. The van der Waals surface area contributed by atoms with E-state index in [0.29, 0.717) is 11.0 Å². The average molecular weight is 259 g/mol. The number of nitrogens with zero attached hydrogens (tertiary/aromatic N) is 4. The second-order valence-electron chi connectivity index (χ2n) is 3.41. The van der Waals surface area contributed by atoms with Crippen LogP contribution in [0.3, 0.4) is 0 Å². The van der Waals surface area contributed by atoms with Gasteiger partial charge in [0.2, 0.25) is 0 Å². The van der Waals surface area contributed by atoms with Crippen molar-refractivity contribution in [2.45, 2.75) is 19.3 Å². The van der Waals surface area contributed by atoms with Gasteiger partial charge in [-0.2, -0.15) is 10.2 Å². The lowest BCUT2D eigenvalue weighted by molar-refractivity contribution is 0.660. The molecule has 0 aromatic carbocycles. The third-order valence-corrected chi connectivity index (χ3v) is 3.17. The summed E-state index contributed by atoms with van der Waals surface area (Å²) >= 11 is 12.1. The lowest BCUT2D eigenvalue weighted by Crippen LogP contribution is -1.98. The van der Waals surface area contributed by atoms with Gasteiger partial charge in [-0.15, -0.1) is 11.6 Å². The smallest absolute Gasteiger partial charge is 0.132 e. The first-order valence-electron chi connectivity index (χ1n) is 4.98. The Morgan fingerprint density at radius 3 is 2.69 bits per heavy atom. The van der Waals surface area contributed by atoms with Crippen LogP contribution in [0.4, 0.5) is 0 Å². The molecule has 0 saturated heterocycles. The Hall–Kier alpha value is -1.00. The third kappa shape index (κ3) is 1.72. The van der Waals surface area contributed by atoms with Crippen molar-refractivity contribution >= 4 is 23.2 Å². The van der Waals surface area contributed by atoms with Gasteiger partial charge in [0.05, 0.1) is 11.6 Å². The maximum Gasteiger partial charge on any atom is 0.132 e. The monoisotopic (exact) mass is 258 g/mol. The molecule has 0 spiro atoms. The van der Waals surface area contributed by atoms with E-state index >= 15 is 0 Å². The molecule has 0 atom stereocenters. The topological polar surface area (TPSA) is 35.6 Å². The highest BCUT2D eigenvalue weighted by Gasteiger charge is 2.18. The molecule has 2 heterocycles. The summed E-state index contributed by atoms with van der Waals surface area (Å²) in [6, 6.07) is 1.90. The summed E-state index contributed by atoms with van der Waals surface area (Å²) in [6.07, 6.45) is 1.73. The van der Waals surface area contributed by atoms with Crippen LogP contribution in [0.25, 0.3) is 11.4 Å². The Morgan fingerprint density at radius 1 is 1.44 bits per heavy atom. The van der Waals surface area contributed by atoms with Gasteiger partial charge in [0.25, 0.3) is 0 Å². The normalized spacial score (nSPS) is 11.0. The summed E-state index contributed by atoms with van der Waals surface area (Å²) in [5, 5.41) is 9.16. The predicted molar refractivity (Wildman–Crippen MR) is 64.7 cm³/mol. The van der Waals surface area contributed by atoms with Crippen LogP contribution in [-0.2, 0) is 19.5 Å². The zero-order valence-corrected chi connectivity index (χ0v) is 10.6. The lowest BCUT2D eigenvalue weighted by Gasteiger charge is -1.99. The first-order chi connectivity index (χ1) is 7.69. The molecule has 2 aromatic heterocycles. The molecular weight excluding hydrogens is 247 g/mol. The molecule has 6 heteroatoms. The van der Waals surface area contributed by atoms with Crippen molar-refractivity contribution < 1.29 is 0 Å². The summed E-state index contributed by atoms with van der Waals surface area (Å²) in [6.45, 7) is 2.71. The van der Waals surface area contributed by atoms with E-state index in [2.05, 4.69) is 10.2 Å². The maximum absolute atomic E-state index is 6.19. The summed E-state index contributed by atoms with van der Waals surface area (Å²) in [7, 11) is 1.87. The Bertz CT molecular complexity index is 501. The van der Waals surface area contributed by atoms with E-state index in [9.17, 15) is 0 Å². The van der Waals surface area contributed by atoms with Crippen LogP contribution in [-0.4, -0.2) is 19.6 Å². The highest BCUT2D eigenvalue weighted by Crippen LogP contribution is 2.29. The minimum Gasteiger partial charge on any atom is -0.266 e. The van der Waals surface area contributed by atoms with Crippen molar-refractivity contribution in [3.8, 4) is 11.4 Å². The largest absolute Gasteiger partial charge is 0.266 e. The fourth-order valence-electron chi connectivity index (χ4n) is 1.62. The first-order valence-corrected chi connectivity index (χ1v) is 5.89. The highest BCUT2D eigenvalue weighted by molar-refractivity contribution is 6.31. The molecule has 0 radical (unpaired) electrons. The van der Waals surface area contributed by atoms with Gasteiger partial charge in [0.1, 0.15) is 10.8 Å². The van der Waals surface area contributed by atoms with Gasteiger partial charge >= 0.3 is 0 Å². The van der Waals surface area contributed by atoms with Crippen molar-refractivity contribution in [1.29, 1.82) is 0 Å². The number of halogens is 2. The molecule has 2 aromatic rings. The molecule has 0 saturated carbocycles. The van der Waals surface area contributed by atoms with Gasteiger partial charge < -0.3 is 0 Å². The van der Waals surface area contributed by atoms with Crippen molar-refractivity contribution in [2.75, 3.05) is 0 Å². The molecule has 16 heavy (non-hydrogen) atoms. The molecule has 86 valence electrons. The number of aryl methyl sites for hydroxylation is 2. The van der Waals surface area contributed by atoms with Crippen LogP contribution in [0.5, 0.6) is 0 Å². The van der Waals surface area contributed by atoms with Crippen molar-refractivity contribution in [3.05, 3.63) is 23.0 Å². The fourth-order valence-corrected chi connectivity index (χ4v) is 2.25. The van der Waals surface area contributed by atoms with Crippen LogP contribution in [0.2, 0.25) is 5.15 Å². The van der Waals surface area contributed by atoms with Crippen LogP contribution in [0, 0.1) is 0 Å². The van der Waals surface area contributed by atoms with Crippen molar-refractivity contribution in [1.82, 2.24) is 19.6 Å². The standard InChI is InChI=1S/C10H12Cl2N4/c1-3-16-10(12)7(6-11)9(14-16)8-4-5-13-15(8)2/h4-5H,3,6H2,1-2H3. The summed E-state index contributed by atoms with van der Waals surface area (Å²) in [5.74, 6) is 0.347. The van der Waals surface area contributed by atoms with Crippen LogP contribution >= 0.6 is 23.2 Å². The zero-order valence-electron chi connectivity index (χ0n) is 9.11. The van der Waals surface area contributed by atoms with Crippen LogP contribution in [0.15, 0.2) is 12.3 Å². The highest BCUT2D eigenvalue weighted by atomic mass is 35.5. The second kappa shape index (κ2) is 4.47. The van der Waals surface area contributed by atoms with Gasteiger partial charge in [0.15, 0.2) is 0 Å². The van der Waals surface area contributed by atoms with Gasteiger partial charge in [-0.1, -0.05) is 11.6 Å². The molecule has 2 rings (SSSR count). The molecule has 0 amide bonds. The Kier molecular flexibility index (Phi) is 3.21. The SMILES string of the molecule is CCn1nc(-c2ccnn2C)c(CCl)c1Cl. The summed E-state index contributed by atoms with van der Waals surface area (Å²) < 4.78 is 3.50. The Balaban J connectivity index is 2.61. The van der Waals surface area contributed by atoms with Crippen molar-refractivity contribution in [3.63, 3.8) is 0 Å². The molecule has 0 N–H and O–H groups in total. The van der Waals surface area contributed by atoms with Gasteiger partial charge in [-0.3, -0.25) is 9.36 Å². The van der Waals surface area contributed by atoms with E-state index in [0.717, 1.165) is 23.5 Å². The fraction of sp³-hybridized carbons (Fsp3) is 0.400. The summed E-state index contributed by atoms with van der Waals surface area (Å²) in [5.41, 5.74) is 2.58. The molecular formula is C10H12Cl2N4. The van der Waals surface area contributed by atoms with E-state index < -0.39 is 0 Å². The van der Waals surface area contributed by atoms with Crippen molar-refractivity contribution in [2.24, 2.45) is 7.05 Å². The molecule has 0 aliphatic carbocycles. The number of hydrogen-bond donors (Lipinski definition) is 0. The van der Waals surface area contributed by atoms with Gasteiger partial charge in [-0.05, 0) is 13.0 Å². The Morgan fingerprint density at radius 2 is 2.19 bits per heavy atom. The van der Waals surface area contributed by atoms with Crippen LogP contribution in [0.1, 0.15) is 12.5 Å². The molecule has 0 bridgehead atoms. The van der Waals surface area contributed by atoms with E-state index in [1.54, 1.807) is 15.6 Å². The number of rotatable bonds is 3. The third-order valence-electron chi connectivity index (χ3n) is 2.48.